The highest BCUT2D eigenvalue weighted by Crippen LogP contribution is 2.25. The second-order valence-electron chi connectivity index (χ2n) is 4.89. The topological polar surface area (TPSA) is 38.3 Å². The fourth-order valence-corrected chi connectivity index (χ4v) is 2.33. The van der Waals surface area contributed by atoms with Gasteiger partial charge in [0.05, 0.1) is 14.2 Å². The lowest BCUT2D eigenvalue weighted by atomic mass is 10.1. The van der Waals surface area contributed by atoms with Crippen LogP contribution in [0.2, 0.25) is 0 Å². The van der Waals surface area contributed by atoms with Gasteiger partial charge in [-0.15, -0.1) is 0 Å². The fourth-order valence-electron chi connectivity index (χ4n) is 2.33. The van der Waals surface area contributed by atoms with Crippen LogP contribution in [0.3, 0.4) is 0 Å². The molecule has 17 heavy (non-hydrogen) atoms. The van der Waals surface area contributed by atoms with E-state index >= 15 is 0 Å². The molecule has 4 nitrogen and oxygen atoms in total. The van der Waals surface area contributed by atoms with Crippen LogP contribution in [0.1, 0.15) is 5.56 Å². The number of aromatic hydroxyl groups is 1. The zero-order chi connectivity index (χ0) is 12.3. The second-order valence-corrected chi connectivity index (χ2v) is 4.89. The number of hydrogen-bond donors (Lipinski definition) is 3. The Balaban J connectivity index is 1.99. The van der Waals surface area contributed by atoms with Gasteiger partial charge in [0.2, 0.25) is 0 Å². The average molecular weight is 238 g/mol. The largest absolute Gasteiger partial charge is 0.504 e. The average Bonchev–Trinajstić information content (AvgIpc) is 2.34. The summed E-state index contributed by atoms with van der Waals surface area (Å²) < 4.78 is 5.13. The Hall–Kier alpha value is -1.26. The first-order valence-electron chi connectivity index (χ1n) is 6.20. The van der Waals surface area contributed by atoms with Gasteiger partial charge in [-0.05, 0) is 18.2 Å². The molecular weight excluding hydrogens is 216 g/mol. The van der Waals surface area contributed by atoms with Crippen molar-refractivity contribution in [2.45, 2.75) is 6.54 Å². The first-order chi connectivity index (χ1) is 8.19. The van der Waals surface area contributed by atoms with Gasteiger partial charge in [0, 0.05) is 5.56 Å². The van der Waals surface area contributed by atoms with Crippen molar-refractivity contribution in [2.24, 2.45) is 0 Å². The second kappa shape index (κ2) is 5.38. The van der Waals surface area contributed by atoms with E-state index in [0.717, 1.165) is 6.54 Å². The maximum Gasteiger partial charge on any atom is 0.160 e. The third-order valence-corrected chi connectivity index (χ3v) is 3.51. The van der Waals surface area contributed by atoms with Crippen molar-refractivity contribution in [2.75, 3.05) is 40.3 Å². The highest BCUT2D eigenvalue weighted by atomic mass is 16.5. The van der Waals surface area contributed by atoms with Gasteiger partial charge in [0.25, 0.3) is 0 Å². The summed E-state index contributed by atoms with van der Waals surface area (Å²) in [5.41, 5.74) is 1.23. The molecular formula is C13H22N2O2+2. The van der Waals surface area contributed by atoms with E-state index in [1.807, 2.05) is 12.1 Å². The molecule has 0 bridgehead atoms. The number of quaternary nitrogens is 2. The van der Waals surface area contributed by atoms with Crippen LogP contribution >= 0.6 is 0 Å². The SMILES string of the molecule is COc1cc(C[NH+]2CC[NH+](C)CC2)ccc1O. The molecule has 0 aliphatic carbocycles. The minimum Gasteiger partial charge on any atom is -0.504 e. The van der Waals surface area contributed by atoms with Crippen molar-refractivity contribution in [1.82, 2.24) is 0 Å². The molecule has 0 unspecified atom stereocenters. The lowest BCUT2D eigenvalue weighted by Gasteiger charge is -2.27. The smallest absolute Gasteiger partial charge is 0.160 e. The summed E-state index contributed by atoms with van der Waals surface area (Å²) in [7, 11) is 3.84. The molecule has 4 heteroatoms. The Kier molecular flexibility index (Phi) is 3.86. The first-order valence-corrected chi connectivity index (χ1v) is 6.20. The standard InChI is InChI=1S/C13H20N2O2/c1-14-5-7-15(8-6-14)10-11-3-4-12(16)13(9-11)17-2/h3-4,9,16H,5-8,10H2,1-2H3/p+2. The molecule has 0 atom stereocenters. The van der Waals surface area contributed by atoms with Crippen molar-refractivity contribution in [3.63, 3.8) is 0 Å². The molecule has 1 saturated heterocycles. The molecule has 0 amide bonds. The van der Waals surface area contributed by atoms with Crippen LogP contribution < -0.4 is 14.5 Å². The molecule has 0 spiro atoms. The molecule has 1 aliphatic rings. The highest BCUT2D eigenvalue weighted by molar-refractivity contribution is 5.41. The maximum absolute atomic E-state index is 9.54. The van der Waals surface area contributed by atoms with Crippen molar-refractivity contribution in [3.05, 3.63) is 23.8 Å². The summed E-state index contributed by atoms with van der Waals surface area (Å²) in [6.07, 6.45) is 0. The lowest BCUT2D eigenvalue weighted by Crippen LogP contribution is -3.26. The minimum atomic E-state index is 0.217. The highest BCUT2D eigenvalue weighted by Gasteiger charge is 2.20. The Morgan fingerprint density at radius 1 is 1.24 bits per heavy atom. The van der Waals surface area contributed by atoms with Crippen molar-refractivity contribution >= 4 is 0 Å². The Morgan fingerprint density at radius 3 is 2.59 bits per heavy atom. The minimum absolute atomic E-state index is 0.217. The summed E-state index contributed by atoms with van der Waals surface area (Å²) in [4.78, 5) is 3.24. The lowest BCUT2D eigenvalue weighted by molar-refractivity contribution is -1.01. The van der Waals surface area contributed by atoms with E-state index in [4.69, 9.17) is 4.74 Å². The molecule has 0 aromatic heterocycles. The van der Waals surface area contributed by atoms with E-state index in [1.54, 1.807) is 23.0 Å². The van der Waals surface area contributed by atoms with Crippen LogP contribution in [0.15, 0.2) is 18.2 Å². The zero-order valence-corrected chi connectivity index (χ0v) is 10.6. The van der Waals surface area contributed by atoms with Gasteiger partial charge < -0.3 is 19.6 Å². The van der Waals surface area contributed by atoms with Gasteiger partial charge in [0.15, 0.2) is 11.5 Å². The summed E-state index contributed by atoms with van der Waals surface area (Å²) in [6, 6.07) is 5.64. The summed E-state index contributed by atoms with van der Waals surface area (Å²) in [5, 5.41) is 9.54. The number of benzene rings is 1. The summed E-state index contributed by atoms with van der Waals surface area (Å²) in [6.45, 7) is 5.93. The van der Waals surface area contributed by atoms with Crippen molar-refractivity contribution < 1.29 is 19.6 Å². The number of phenols is 1. The van der Waals surface area contributed by atoms with Crippen LogP contribution in [0, 0.1) is 0 Å². The van der Waals surface area contributed by atoms with E-state index in [2.05, 4.69) is 7.05 Å². The molecule has 1 aromatic rings. The Bertz CT molecular complexity index is 374. The van der Waals surface area contributed by atoms with Crippen LogP contribution in [0.5, 0.6) is 11.5 Å². The number of rotatable bonds is 3. The quantitative estimate of drug-likeness (QED) is 0.588. The van der Waals surface area contributed by atoms with E-state index in [1.165, 1.54) is 31.7 Å². The molecule has 1 aliphatic heterocycles. The third-order valence-electron chi connectivity index (χ3n) is 3.51. The van der Waals surface area contributed by atoms with Crippen LogP contribution in [0.25, 0.3) is 0 Å². The molecule has 3 N–H and O–H groups in total. The maximum atomic E-state index is 9.54. The third kappa shape index (κ3) is 3.11. The van der Waals surface area contributed by atoms with Gasteiger partial charge >= 0.3 is 0 Å². The normalized spacial score (nSPS) is 24.6. The predicted octanol–water partition coefficient (Wildman–Crippen LogP) is -1.69. The monoisotopic (exact) mass is 238 g/mol. The fraction of sp³-hybridized carbons (Fsp3) is 0.538. The van der Waals surface area contributed by atoms with Crippen LogP contribution in [-0.4, -0.2) is 45.4 Å². The number of likely N-dealkylation sites (N-methyl/N-ethyl adjacent to an activating group) is 1. The molecule has 1 fully saturated rings. The molecule has 1 heterocycles. The Labute approximate surface area is 102 Å². The molecule has 94 valence electrons. The van der Waals surface area contributed by atoms with Crippen LogP contribution in [0.4, 0.5) is 0 Å². The molecule has 0 saturated carbocycles. The number of nitrogens with one attached hydrogen (secondary N) is 2. The van der Waals surface area contributed by atoms with E-state index in [0.29, 0.717) is 5.75 Å². The molecule has 0 radical (unpaired) electrons. The number of methoxy groups -OCH3 is 1. The number of phenolic OH excluding ortho intramolecular Hbond substituents is 1. The first kappa shape index (κ1) is 12.2. The van der Waals surface area contributed by atoms with E-state index in [9.17, 15) is 5.11 Å². The summed E-state index contributed by atoms with van der Waals surface area (Å²) >= 11 is 0. The predicted molar refractivity (Wildman–Crippen MR) is 65.7 cm³/mol. The summed E-state index contributed by atoms with van der Waals surface area (Å²) in [5.74, 6) is 0.788. The molecule has 1 aromatic carbocycles. The number of piperazine rings is 1. The zero-order valence-electron chi connectivity index (χ0n) is 10.6. The number of ether oxygens (including phenoxy) is 1. The van der Waals surface area contributed by atoms with Crippen LogP contribution in [-0.2, 0) is 6.54 Å². The van der Waals surface area contributed by atoms with Gasteiger partial charge in [0.1, 0.15) is 32.7 Å². The van der Waals surface area contributed by atoms with Gasteiger partial charge in [-0.2, -0.15) is 0 Å². The van der Waals surface area contributed by atoms with Gasteiger partial charge in [-0.25, -0.2) is 0 Å². The van der Waals surface area contributed by atoms with Crippen molar-refractivity contribution in [1.29, 1.82) is 0 Å². The Morgan fingerprint density at radius 2 is 1.94 bits per heavy atom. The van der Waals surface area contributed by atoms with E-state index < -0.39 is 0 Å². The van der Waals surface area contributed by atoms with Gasteiger partial charge in [-0.3, -0.25) is 0 Å². The molecule has 2 rings (SSSR count). The van der Waals surface area contributed by atoms with Gasteiger partial charge in [-0.1, -0.05) is 0 Å². The number of hydrogen-bond acceptors (Lipinski definition) is 2. The van der Waals surface area contributed by atoms with E-state index in [-0.39, 0.29) is 5.75 Å². The van der Waals surface area contributed by atoms with Crippen molar-refractivity contribution in [3.8, 4) is 11.5 Å².